The van der Waals surface area contributed by atoms with Crippen molar-refractivity contribution in [2.75, 3.05) is 25.5 Å². The number of hydrogen-bond acceptors (Lipinski definition) is 5. The Balaban J connectivity index is 1.76. The third-order valence-electron chi connectivity index (χ3n) is 4.28. The van der Waals surface area contributed by atoms with Gasteiger partial charge in [-0.05, 0) is 38.0 Å². The molecule has 2 aromatic rings. The molecule has 3 rings (SSSR count). The van der Waals surface area contributed by atoms with Gasteiger partial charge in [0.15, 0.2) is 0 Å². The number of carbonyl (C=O) groups is 2. The van der Waals surface area contributed by atoms with Gasteiger partial charge in [0.2, 0.25) is 11.9 Å². The molecule has 26 heavy (non-hydrogen) atoms. The molecule has 2 heterocycles. The molecule has 2 amide bonds. The molecule has 0 radical (unpaired) electrons. The molecule has 1 fully saturated rings. The highest BCUT2D eigenvalue weighted by Crippen LogP contribution is 2.21. The van der Waals surface area contributed by atoms with Crippen molar-refractivity contribution >= 4 is 17.8 Å². The van der Waals surface area contributed by atoms with Gasteiger partial charge in [-0.25, -0.2) is 9.97 Å². The Hall–Kier alpha value is -2.96. The van der Waals surface area contributed by atoms with E-state index in [1.54, 1.807) is 12.1 Å². The lowest BCUT2D eigenvalue weighted by Gasteiger charge is -2.22. The van der Waals surface area contributed by atoms with E-state index in [-0.39, 0.29) is 11.8 Å². The molecular formula is C19H23N5O2. The summed E-state index contributed by atoms with van der Waals surface area (Å²) in [4.78, 5) is 34.9. The summed E-state index contributed by atoms with van der Waals surface area (Å²) in [5, 5.41) is 5.56. The van der Waals surface area contributed by atoms with Crippen LogP contribution in [0.5, 0.6) is 0 Å². The van der Waals surface area contributed by atoms with Crippen LogP contribution < -0.4 is 15.5 Å². The average Bonchev–Trinajstić information content (AvgIpc) is 2.63. The Bertz CT molecular complexity index is 817. The Kier molecular flexibility index (Phi) is 5.16. The second-order valence-corrected chi connectivity index (χ2v) is 6.63. The topological polar surface area (TPSA) is 87.2 Å². The quantitative estimate of drug-likeness (QED) is 0.870. The fraction of sp³-hybridized carbons (Fsp3) is 0.368. The predicted molar refractivity (Wildman–Crippen MR) is 100 cm³/mol. The Morgan fingerprint density at radius 1 is 1.23 bits per heavy atom. The molecule has 1 atom stereocenters. The van der Waals surface area contributed by atoms with Gasteiger partial charge in [0, 0.05) is 37.5 Å². The van der Waals surface area contributed by atoms with Gasteiger partial charge in [0.25, 0.3) is 5.91 Å². The molecular weight excluding hydrogens is 330 g/mol. The summed E-state index contributed by atoms with van der Waals surface area (Å²) < 4.78 is 0. The maximum Gasteiger partial charge on any atom is 0.251 e. The van der Waals surface area contributed by atoms with Crippen molar-refractivity contribution in [2.24, 2.45) is 0 Å². The van der Waals surface area contributed by atoms with Crippen LogP contribution in [0.3, 0.4) is 0 Å². The lowest BCUT2D eigenvalue weighted by Crippen LogP contribution is -2.50. The van der Waals surface area contributed by atoms with Crippen LogP contribution in [-0.2, 0) is 4.79 Å². The van der Waals surface area contributed by atoms with Crippen molar-refractivity contribution in [1.29, 1.82) is 0 Å². The van der Waals surface area contributed by atoms with Gasteiger partial charge in [0.1, 0.15) is 6.04 Å². The predicted octanol–water partition coefficient (Wildman–Crippen LogP) is 1.53. The molecule has 1 aliphatic rings. The third kappa shape index (κ3) is 3.99. The average molecular weight is 353 g/mol. The van der Waals surface area contributed by atoms with E-state index >= 15 is 0 Å². The number of nitrogens with zero attached hydrogens (tertiary/aromatic N) is 3. The zero-order valence-corrected chi connectivity index (χ0v) is 15.2. The third-order valence-corrected chi connectivity index (χ3v) is 4.28. The lowest BCUT2D eigenvalue weighted by atomic mass is 10.0. The Labute approximate surface area is 152 Å². The van der Waals surface area contributed by atoms with Crippen LogP contribution in [0.25, 0.3) is 11.3 Å². The number of benzene rings is 1. The molecule has 2 N–H and O–H groups in total. The molecule has 0 saturated carbocycles. The van der Waals surface area contributed by atoms with E-state index in [0.717, 1.165) is 23.4 Å². The molecule has 7 nitrogen and oxygen atoms in total. The molecule has 1 aliphatic heterocycles. The van der Waals surface area contributed by atoms with Gasteiger partial charge in [-0.3, -0.25) is 9.59 Å². The van der Waals surface area contributed by atoms with Crippen molar-refractivity contribution < 1.29 is 9.59 Å². The summed E-state index contributed by atoms with van der Waals surface area (Å²) in [5.74, 6) is 0.283. The zero-order valence-electron chi connectivity index (χ0n) is 15.2. The molecule has 0 bridgehead atoms. The first-order valence-corrected chi connectivity index (χ1v) is 8.66. The SMILES string of the molecule is Cc1cc(-c2ccc(C(=O)NC3CCCNC3=O)cc2)nc(N(C)C)n1. The number of amides is 2. The maximum atomic E-state index is 12.4. The molecule has 1 aromatic heterocycles. The first-order valence-electron chi connectivity index (χ1n) is 8.66. The minimum absolute atomic E-state index is 0.117. The molecule has 7 heteroatoms. The van der Waals surface area contributed by atoms with Crippen LogP contribution in [0.4, 0.5) is 5.95 Å². The van der Waals surface area contributed by atoms with E-state index in [1.165, 1.54) is 0 Å². The molecule has 1 aromatic carbocycles. The van der Waals surface area contributed by atoms with Gasteiger partial charge in [-0.2, -0.15) is 0 Å². The summed E-state index contributed by atoms with van der Waals surface area (Å²) in [5.41, 5.74) is 3.11. The number of nitrogens with one attached hydrogen (secondary N) is 2. The largest absolute Gasteiger partial charge is 0.354 e. The van der Waals surface area contributed by atoms with Crippen molar-refractivity contribution in [1.82, 2.24) is 20.6 Å². The normalized spacial score (nSPS) is 16.7. The summed E-state index contributed by atoms with van der Waals surface area (Å²) in [6.07, 6.45) is 1.54. The summed E-state index contributed by atoms with van der Waals surface area (Å²) in [7, 11) is 3.79. The van der Waals surface area contributed by atoms with Crippen LogP contribution in [0.2, 0.25) is 0 Å². The fourth-order valence-corrected chi connectivity index (χ4v) is 2.84. The van der Waals surface area contributed by atoms with Crippen molar-refractivity contribution in [3.8, 4) is 11.3 Å². The number of hydrogen-bond donors (Lipinski definition) is 2. The second-order valence-electron chi connectivity index (χ2n) is 6.63. The highest BCUT2D eigenvalue weighted by Gasteiger charge is 2.23. The lowest BCUT2D eigenvalue weighted by molar-refractivity contribution is -0.124. The van der Waals surface area contributed by atoms with Crippen LogP contribution in [-0.4, -0.2) is 48.5 Å². The van der Waals surface area contributed by atoms with Gasteiger partial charge in [-0.15, -0.1) is 0 Å². The van der Waals surface area contributed by atoms with Gasteiger partial charge in [-0.1, -0.05) is 12.1 Å². The van der Waals surface area contributed by atoms with E-state index in [9.17, 15) is 9.59 Å². The number of rotatable bonds is 4. The van der Waals surface area contributed by atoms with Crippen LogP contribution >= 0.6 is 0 Å². The van der Waals surface area contributed by atoms with E-state index < -0.39 is 6.04 Å². The van der Waals surface area contributed by atoms with Crippen molar-refractivity contribution in [3.63, 3.8) is 0 Å². The number of piperidine rings is 1. The first kappa shape index (κ1) is 17.8. The summed E-state index contributed by atoms with van der Waals surface area (Å²) in [6, 6.07) is 8.67. The number of carbonyl (C=O) groups excluding carboxylic acids is 2. The highest BCUT2D eigenvalue weighted by atomic mass is 16.2. The zero-order chi connectivity index (χ0) is 18.7. The van der Waals surface area contributed by atoms with Gasteiger partial charge < -0.3 is 15.5 Å². The molecule has 1 saturated heterocycles. The Morgan fingerprint density at radius 2 is 1.96 bits per heavy atom. The number of anilines is 1. The highest BCUT2D eigenvalue weighted by molar-refractivity contribution is 5.98. The minimum Gasteiger partial charge on any atom is -0.354 e. The maximum absolute atomic E-state index is 12.4. The van der Waals surface area contributed by atoms with Crippen molar-refractivity contribution in [3.05, 3.63) is 41.6 Å². The van der Waals surface area contributed by atoms with Crippen LogP contribution in [0, 0.1) is 6.92 Å². The standard InChI is InChI=1S/C19H23N5O2/c1-12-11-16(23-19(21-12)24(2)3)13-6-8-14(9-7-13)17(25)22-15-5-4-10-20-18(15)26/h6-9,11,15H,4-5,10H2,1-3H3,(H,20,26)(H,22,25). The molecule has 0 spiro atoms. The molecule has 1 unspecified atom stereocenters. The molecule has 0 aliphatic carbocycles. The van der Waals surface area contributed by atoms with E-state index in [4.69, 9.17) is 0 Å². The summed E-state index contributed by atoms with van der Waals surface area (Å²) in [6.45, 7) is 2.60. The number of aromatic nitrogens is 2. The van der Waals surface area contributed by atoms with Crippen molar-refractivity contribution in [2.45, 2.75) is 25.8 Å². The Morgan fingerprint density at radius 3 is 2.62 bits per heavy atom. The smallest absolute Gasteiger partial charge is 0.251 e. The first-order chi connectivity index (χ1) is 12.4. The number of aryl methyl sites for hydroxylation is 1. The minimum atomic E-state index is -0.455. The van der Waals surface area contributed by atoms with E-state index in [0.29, 0.717) is 24.5 Å². The van der Waals surface area contributed by atoms with Crippen LogP contribution in [0.15, 0.2) is 30.3 Å². The van der Waals surface area contributed by atoms with Gasteiger partial charge >= 0.3 is 0 Å². The second kappa shape index (κ2) is 7.51. The molecule has 136 valence electrons. The van der Waals surface area contributed by atoms with Gasteiger partial charge in [0.05, 0.1) is 5.69 Å². The fourth-order valence-electron chi connectivity index (χ4n) is 2.84. The summed E-state index contributed by atoms with van der Waals surface area (Å²) >= 11 is 0. The van der Waals surface area contributed by atoms with Crippen LogP contribution in [0.1, 0.15) is 28.9 Å². The van der Waals surface area contributed by atoms with E-state index in [2.05, 4.69) is 20.6 Å². The monoisotopic (exact) mass is 353 g/mol. The van der Waals surface area contributed by atoms with E-state index in [1.807, 2.05) is 44.1 Å².